The molecule has 2 aromatic rings. The van der Waals surface area contributed by atoms with Crippen LogP contribution in [0.4, 0.5) is 0 Å². The Kier molecular flexibility index (Phi) is 2.85. The molecule has 0 bridgehead atoms. The monoisotopic (exact) mass is 312 g/mol. The Morgan fingerprint density at radius 1 is 1.45 bits per heavy atom. The first-order chi connectivity index (χ1) is 9.25. The summed E-state index contributed by atoms with van der Waals surface area (Å²) in [6.07, 6.45) is 2.10. The molecule has 5 nitrogen and oxygen atoms in total. The second-order valence-corrected chi connectivity index (χ2v) is 9.12. The largest absolute Gasteiger partial charge is 0.338 e. The molecule has 2 heterocycles. The highest BCUT2D eigenvalue weighted by Crippen LogP contribution is 2.68. The van der Waals surface area contributed by atoms with Gasteiger partial charge >= 0.3 is 0 Å². The number of hydrogen-bond acceptors (Lipinski definition) is 6. The smallest absolute Gasteiger partial charge is 0.238 e. The number of aromatic nitrogens is 2. The zero-order valence-corrected chi connectivity index (χ0v) is 13.2. The average molecular weight is 312 g/mol. The molecule has 0 aromatic carbocycles. The Balaban J connectivity index is 2.00. The number of hydrogen-bond donors (Lipinski definition) is 0. The lowest BCUT2D eigenvalue weighted by Crippen LogP contribution is -2.15. The maximum Gasteiger partial charge on any atom is 0.238 e. The third kappa shape index (κ3) is 2.09. The minimum absolute atomic E-state index is 0.0484. The lowest BCUT2D eigenvalue weighted by molar-refractivity contribution is 0.338. The van der Waals surface area contributed by atoms with Crippen LogP contribution in [-0.2, 0) is 21.0 Å². The zero-order valence-electron chi connectivity index (χ0n) is 11.6. The summed E-state index contributed by atoms with van der Waals surface area (Å²) in [5.74, 6) is 0.585. The lowest BCUT2D eigenvalue weighted by Gasteiger charge is -2.14. The van der Waals surface area contributed by atoms with E-state index in [0.717, 1.165) is 6.42 Å². The topological polar surface area (TPSA) is 73.1 Å². The van der Waals surface area contributed by atoms with Gasteiger partial charge in [0.05, 0.1) is 5.41 Å². The third-order valence-electron chi connectivity index (χ3n) is 3.90. The van der Waals surface area contributed by atoms with E-state index in [2.05, 4.69) is 30.1 Å². The van der Waals surface area contributed by atoms with Crippen molar-refractivity contribution in [1.82, 2.24) is 10.1 Å². The molecule has 3 rings (SSSR count). The Labute approximate surface area is 121 Å². The fourth-order valence-electron chi connectivity index (χ4n) is 2.75. The fraction of sp³-hybridized carbons (Fsp3) is 0.538. The first kappa shape index (κ1) is 13.8. The van der Waals surface area contributed by atoms with Gasteiger partial charge in [-0.1, -0.05) is 25.1 Å². The van der Waals surface area contributed by atoms with Gasteiger partial charge in [-0.3, -0.25) is 0 Å². The molecule has 2 aromatic heterocycles. The molecule has 0 unspecified atom stereocenters. The van der Waals surface area contributed by atoms with Crippen molar-refractivity contribution >= 4 is 21.2 Å². The standard InChI is InChI=1S/C13H16N2O3S2/c1-12(2)8-13(12,9-5-4-6-19-9)11-14-10(15-18-11)7-20(3,16)17/h4-6H,7-8H2,1-3H3/t13-/m1/s1. The van der Waals surface area contributed by atoms with Crippen LogP contribution in [0.15, 0.2) is 22.0 Å². The molecule has 108 valence electrons. The van der Waals surface area contributed by atoms with Gasteiger partial charge in [0.2, 0.25) is 5.89 Å². The van der Waals surface area contributed by atoms with Crippen LogP contribution in [0.5, 0.6) is 0 Å². The van der Waals surface area contributed by atoms with E-state index in [-0.39, 0.29) is 22.4 Å². The minimum Gasteiger partial charge on any atom is -0.338 e. The molecule has 0 aliphatic heterocycles. The van der Waals surface area contributed by atoms with Crippen LogP contribution < -0.4 is 0 Å². The van der Waals surface area contributed by atoms with E-state index in [0.29, 0.717) is 5.89 Å². The van der Waals surface area contributed by atoms with Crippen molar-refractivity contribution in [1.29, 1.82) is 0 Å². The summed E-state index contributed by atoms with van der Waals surface area (Å²) in [4.78, 5) is 5.52. The highest BCUT2D eigenvalue weighted by molar-refractivity contribution is 7.89. The molecular weight excluding hydrogens is 296 g/mol. The third-order valence-corrected chi connectivity index (χ3v) is 5.72. The molecule has 0 N–H and O–H groups in total. The Bertz CT molecular complexity index is 732. The van der Waals surface area contributed by atoms with Crippen molar-refractivity contribution in [3.8, 4) is 0 Å². The maximum atomic E-state index is 11.3. The van der Waals surface area contributed by atoms with Gasteiger partial charge in [-0.25, -0.2) is 8.42 Å². The molecular formula is C13H16N2O3S2. The minimum atomic E-state index is -3.15. The van der Waals surface area contributed by atoms with Gasteiger partial charge in [-0.15, -0.1) is 11.3 Å². The van der Waals surface area contributed by atoms with Crippen molar-refractivity contribution in [3.05, 3.63) is 34.1 Å². The molecule has 1 aliphatic carbocycles. The molecule has 0 saturated heterocycles. The highest BCUT2D eigenvalue weighted by atomic mass is 32.2. The molecule has 1 saturated carbocycles. The molecule has 0 amide bonds. The van der Waals surface area contributed by atoms with Crippen molar-refractivity contribution in [2.24, 2.45) is 5.41 Å². The van der Waals surface area contributed by atoms with Gasteiger partial charge in [-0.05, 0) is 23.3 Å². The van der Waals surface area contributed by atoms with Gasteiger partial charge in [0, 0.05) is 11.1 Å². The number of thiophene rings is 1. The summed E-state index contributed by atoms with van der Waals surface area (Å²) in [6, 6.07) is 4.07. The summed E-state index contributed by atoms with van der Waals surface area (Å²) in [5, 5.41) is 5.85. The molecule has 1 aliphatic rings. The van der Waals surface area contributed by atoms with E-state index in [1.165, 1.54) is 11.1 Å². The summed E-state index contributed by atoms with van der Waals surface area (Å²) in [6.45, 7) is 4.32. The van der Waals surface area contributed by atoms with Crippen LogP contribution in [0, 0.1) is 5.41 Å². The van der Waals surface area contributed by atoms with Crippen molar-refractivity contribution in [3.63, 3.8) is 0 Å². The van der Waals surface area contributed by atoms with Gasteiger partial charge in [-0.2, -0.15) is 4.98 Å². The van der Waals surface area contributed by atoms with E-state index in [1.807, 2.05) is 11.4 Å². The lowest BCUT2D eigenvalue weighted by atomic mass is 9.94. The predicted molar refractivity (Wildman–Crippen MR) is 76.3 cm³/mol. The molecule has 1 atom stereocenters. The maximum absolute atomic E-state index is 11.3. The second kappa shape index (κ2) is 4.14. The molecule has 7 heteroatoms. The normalized spacial score (nSPS) is 24.8. The van der Waals surface area contributed by atoms with Gasteiger partial charge in [0.1, 0.15) is 5.75 Å². The summed E-state index contributed by atoms with van der Waals surface area (Å²) >= 11 is 1.67. The van der Waals surface area contributed by atoms with E-state index >= 15 is 0 Å². The van der Waals surface area contributed by atoms with Crippen LogP contribution in [0.1, 0.15) is 36.9 Å². The molecule has 20 heavy (non-hydrogen) atoms. The fourth-order valence-corrected chi connectivity index (χ4v) is 4.44. The van der Waals surface area contributed by atoms with Crippen LogP contribution >= 0.6 is 11.3 Å². The van der Waals surface area contributed by atoms with Gasteiger partial charge < -0.3 is 4.52 Å². The summed E-state index contributed by atoms with van der Waals surface area (Å²) in [5.41, 5.74) is -0.212. The molecule has 0 spiro atoms. The molecule has 1 fully saturated rings. The Morgan fingerprint density at radius 2 is 2.15 bits per heavy atom. The quantitative estimate of drug-likeness (QED) is 0.866. The van der Waals surface area contributed by atoms with Crippen LogP contribution in [-0.4, -0.2) is 24.8 Å². The number of rotatable bonds is 4. The zero-order chi connectivity index (χ0) is 14.6. The van der Waals surface area contributed by atoms with Crippen molar-refractivity contribution in [2.45, 2.75) is 31.4 Å². The average Bonchev–Trinajstić information content (AvgIpc) is 2.80. The Morgan fingerprint density at radius 3 is 2.65 bits per heavy atom. The predicted octanol–water partition coefficient (Wildman–Crippen LogP) is 2.39. The summed E-state index contributed by atoms with van der Waals surface area (Å²) in [7, 11) is -3.15. The van der Waals surface area contributed by atoms with Crippen molar-refractivity contribution in [2.75, 3.05) is 6.26 Å². The number of nitrogens with zero attached hydrogens (tertiary/aromatic N) is 2. The van der Waals surface area contributed by atoms with Crippen LogP contribution in [0.2, 0.25) is 0 Å². The van der Waals surface area contributed by atoms with E-state index < -0.39 is 9.84 Å². The first-order valence-electron chi connectivity index (χ1n) is 6.29. The molecule has 0 radical (unpaired) electrons. The Hall–Kier alpha value is -1.21. The van der Waals surface area contributed by atoms with E-state index in [9.17, 15) is 8.42 Å². The summed E-state index contributed by atoms with van der Waals surface area (Å²) < 4.78 is 28.0. The van der Waals surface area contributed by atoms with Crippen LogP contribution in [0.25, 0.3) is 0 Å². The first-order valence-corrected chi connectivity index (χ1v) is 9.23. The van der Waals surface area contributed by atoms with Crippen molar-refractivity contribution < 1.29 is 12.9 Å². The van der Waals surface area contributed by atoms with Crippen LogP contribution in [0.3, 0.4) is 0 Å². The van der Waals surface area contributed by atoms with E-state index in [1.54, 1.807) is 11.3 Å². The van der Waals surface area contributed by atoms with E-state index in [4.69, 9.17) is 4.52 Å². The van der Waals surface area contributed by atoms with Gasteiger partial charge in [0.15, 0.2) is 15.7 Å². The second-order valence-electron chi connectivity index (χ2n) is 6.03. The number of sulfone groups is 1. The SMILES string of the molecule is CC1(C)C[C@]1(c1nc(CS(C)(=O)=O)no1)c1cccs1. The van der Waals surface area contributed by atoms with Gasteiger partial charge in [0.25, 0.3) is 0 Å². The highest BCUT2D eigenvalue weighted by Gasteiger charge is 2.67.